The highest BCUT2D eigenvalue weighted by atomic mass is 16.5. The molecule has 130 valence electrons. The lowest BCUT2D eigenvalue weighted by atomic mass is 9.87. The average Bonchev–Trinajstić information content (AvgIpc) is 3.33. The number of benzene rings is 1. The Morgan fingerprint density at radius 2 is 1.79 bits per heavy atom. The first-order chi connectivity index (χ1) is 11.5. The summed E-state index contributed by atoms with van der Waals surface area (Å²) in [4.78, 5) is 15.0. The minimum absolute atomic E-state index is 0.0998. The number of hydrogen-bond donors (Lipinski definition) is 1. The molecule has 4 nitrogen and oxygen atoms in total. The average molecular weight is 329 g/mol. The zero-order valence-corrected chi connectivity index (χ0v) is 14.7. The van der Waals surface area contributed by atoms with Crippen molar-refractivity contribution in [3.05, 3.63) is 35.9 Å². The second kappa shape index (κ2) is 5.85. The summed E-state index contributed by atoms with van der Waals surface area (Å²) in [7, 11) is 1.83. The lowest BCUT2D eigenvalue weighted by Gasteiger charge is -2.43. The largest absolute Gasteiger partial charge is 0.337 e. The van der Waals surface area contributed by atoms with Crippen LogP contribution in [0.5, 0.6) is 0 Å². The normalized spacial score (nSPS) is 32.8. The number of likely N-dealkylation sites (tertiary alicyclic amines) is 2. The van der Waals surface area contributed by atoms with Gasteiger partial charge in [-0.25, -0.2) is 5.21 Å². The number of nitrogens with zero attached hydrogens (tertiary/aromatic N) is 2. The summed E-state index contributed by atoms with van der Waals surface area (Å²) in [6.07, 6.45) is 6.46. The molecular weight excluding hydrogens is 300 g/mol. The fourth-order valence-corrected chi connectivity index (χ4v) is 4.90. The third kappa shape index (κ3) is 2.98. The van der Waals surface area contributed by atoms with Crippen LogP contribution in [0.3, 0.4) is 0 Å². The molecule has 0 radical (unpaired) electrons. The van der Waals surface area contributed by atoms with Crippen LogP contribution in [-0.2, 0) is 4.79 Å². The summed E-state index contributed by atoms with van der Waals surface area (Å²) < 4.78 is -0.0998. The van der Waals surface area contributed by atoms with Gasteiger partial charge in [0, 0.05) is 24.9 Å². The molecule has 2 atom stereocenters. The van der Waals surface area contributed by atoms with Crippen molar-refractivity contribution in [1.29, 1.82) is 0 Å². The smallest absolute Gasteiger partial charge is 0.283 e. The molecular formula is C20H29N2O2+. The summed E-state index contributed by atoms with van der Waals surface area (Å²) in [5.74, 6) is 0.730. The summed E-state index contributed by atoms with van der Waals surface area (Å²) in [5.41, 5.74) is 1.74. The maximum atomic E-state index is 13.0. The van der Waals surface area contributed by atoms with Crippen molar-refractivity contribution in [3.63, 3.8) is 0 Å². The molecule has 3 fully saturated rings. The molecule has 24 heavy (non-hydrogen) atoms. The molecule has 1 spiro atoms. The maximum Gasteiger partial charge on any atom is 0.283 e. The van der Waals surface area contributed by atoms with E-state index in [0.717, 1.165) is 45.3 Å². The van der Waals surface area contributed by atoms with Gasteiger partial charge in [-0.2, -0.15) is 4.65 Å². The van der Waals surface area contributed by atoms with Gasteiger partial charge in [0.1, 0.15) is 6.54 Å². The van der Waals surface area contributed by atoms with Crippen LogP contribution in [-0.4, -0.2) is 53.4 Å². The third-order valence-electron chi connectivity index (χ3n) is 6.59. The number of quaternary nitrogens is 1. The molecule has 3 aliphatic rings. The van der Waals surface area contributed by atoms with Gasteiger partial charge >= 0.3 is 0 Å². The van der Waals surface area contributed by atoms with E-state index in [2.05, 4.69) is 30.3 Å². The molecule has 4 rings (SSSR count). The topological polar surface area (TPSA) is 40.5 Å². The number of carbonyl (C=O) groups excluding carboxylic acids is 1. The van der Waals surface area contributed by atoms with E-state index in [1.165, 1.54) is 18.4 Å². The van der Waals surface area contributed by atoms with Crippen molar-refractivity contribution in [2.75, 3.05) is 26.7 Å². The minimum atomic E-state index is -0.260. The van der Waals surface area contributed by atoms with E-state index in [1.54, 1.807) is 0 Å². The Morgan fingerprint density at radius 3 is 2.38 bits per heavy atom. The Bertz CT molecular complexity index is 601. The molecule has 1 amide bonds. The van der Waals surface area contributed by atoms with Gasteiger partial charge in [-0.1, -0.05) is 30.3 Å². The highest BCUT2D eigenvalue weighted by Crippen LogP contribution is 2.54. The van der Waals surface area contributed by atoms with E-state index in [9.17, 15) is 10.0 Å². The van der Waals surface area contributed by atoms with Crippen LogP contribution in [0.4, 0.5) is 0 Å². The summed E-state index contributed by atoms with van der Waals surface area (Å²) in [6, 6.07) is 10.4. The predicted octanol–water partition coefficient (Wildman–Crippen LogP) is 3.17. The Morgan fingerprint density at radius 1 is 1.12 bits per heavy atom. The predicted molar refractivity (Wildman–Crippen MR) is 92.5 cm³/mol. The second-order valence-electron chi connectivity index (χ2n) is 8.44. The fourth-order valence-electron chi connectivity index (χ4n) is 4.90. The van der Waals surface area contributed by atoms with Crippen LogP contribution < -0.4 is 0 Å². The number of carbonyl (C=O) groups is 1. The lowest BCUT2D eigenvalue weighted by molar-refractivity contribution is -1.11. The lowest BCUT2D eigenvalue weighted by Crippen LogP contribution is -2.62. The number of piperidine rings is 2. The van der Waals surface area contributed by atoms with Crippen molar-refractivity contribution in [2.24, 2.45) is 5.41 Å². The highest BCUT2D eigenvalue weighted by Gasteiger charge is 2.57. The van der Waals surface area contributed by atoms with Gasteiger partial charge in [0.15, 0.2) is 6.04 Å². The molecule has 2 heterocycles. The number of likely N-dealkylation sites (N-methyl/N-ethyl adjacent to an activating group) is 1. The van der Waals surface area contributed by atoms with Crippen molar-refractivity contribution < 1.29 is 14.6 Å². The van der Waals surface area contributed by atoms with E-state index in [1.807, 2.05) is 11.9 Å². The van der Waals surface area contributed by atoms with Crippen molar-refractivity contribution >= 4 is 5.91 Å². The van der Waals surface area contributed by atoms with Crippen molar-refractivity contribution in [1.82, 2.24) is 4.90 Å². The van der Waals surface area contributed by atoms with Crippen LogP contribution in [0.15, 0.2) is 30.3 Å². The molecule has 2 saturated heterocycles. The van der Waals surface area contributed by atoms with E-state index < -0.39 is 0 Å². The van der Waals surface area contributed by atoms with Gasteiger partial charge in [0.05, 0.1) is 7.05 Å². The fraction of sp³-hybridized carbons (Fsp3) is 0.650. The maximum absolute atomic E-state index is 13.0. The first-order valence-corrected chi connectivity index (χ1v) is 9.41. The Labute approximate surface area is 144 Å². The Kier molecular flexibility index (Phi) is 3.92. The molecule has 1 aliphatic carbocycles. The zero-order chi connectivity index (χ0) is 16.8. The van der Waals surface area contributed by atoms with Gasteiger partial charge in [-0.05, 0) is 43.6 Å². The Hall–Kier alpha value is -1.39. The molecule has 4 heteroatoms. The van der Waals surface area contributed by atoms with E-state index >= 15 is 0 Å². The van der Waals surface area contributed by atoms with Crippen LogP contribution in [0.1, 0.15) is 50.0 Å². The number of amides is 1. The molecule has 1 aromatic carbocycles. The standard InChI is InChI=1S/C20H29N2O2/c1-22(24)15-20(11-12-20)10-7-18(22)19(23)21-13-8-17(9-14-21)16-5-3-2-4-6-16/h2-6,17-18,24H,7-15H2,1H3/q+1. The molecule has 2 aliphatic heterocycles. The minimum Gasteiger partial charge on any atom is -0.337 e. The first kappa shape index (κ1) is 16.1. The quantitative estimate of drug-likeness (QED) is 0.847. The summed E-state index contributed by atoms with van der Waals surface area (Å²) in [5, 5.41) is 10.8. The van der Waals surface area contributed by atoms with Crippen molar-refractivity contribution in [3.8, 4) is 0 Å². The second-order valence-corrected chi connectivity index (χ2v) is 8.44. The van der Waals surface area contributed by atoms with E-state index in [0.29, 0.717) is 11.3 Å². The van der Waals surface area contributed by atoms with Crippen molar-refractivity contribution in [2.45, 2.75) is 50.5 Å². The first-order valence-electron chi connectivity index (χ1n) is 9.41. The monoisotopic (exact) mass is 329 g/mol. The van der Waals surface area contributed by atoms with Gasteiger partial charge in [0.25, 0.3) is 5.91 Å². The van der Waals surface area contributed by atoms with Gasteiger partial charge in [0.2, 0.25) is 0 Å². The molecule has 1 N–H and O–H groups in total. The summed E-state index contributed by atoms with van der Waals surface area (Å²) >= 11 is 0. The number of hydrogen-bond acceptors (Lipinski definition) is 2. The third-order valence-corrected chi connectivity index (χ3v) is 6.59. The van der Waals surface area contributed by atoms with E-state index in [-0.39, 0.29) is 16.6 Å². The summed E-state index contributed by atoms with van der Waals surface area (Å²) in [6.45, 7) is 2.39. The molecule has 1 aromatic rings. The molecule has 2 unspecified atom stereocenters. The zero-order valence-electron chi connectivity index (χ0n) is 14.7. The Balaban J connectivity index is 1.38. The SMILES string of the molecule is C[N+]1(O)CC2(CCC1C(=O)N1CCC(c3ccccc3)CC1)CC2. The van der Waals surface area contributed by atoms with Crippen LogP contribution in [0, 0.1) is 5.41 Å². The number of rotatable bonds is 2. The van der Waals surface area contributed by atoms with Gasteiger partial charge in [-0.3, -0.25) is 4.79 Å². The van der Waals surface area contributed by atoms with Gasteiger partial charge in [-0.15, -0.1) is 0 Å². The molecule has 0 aromatic heterocycles. The van der Waals surface area contributed by atoms with Crippen LogP contribution in [0.2, 0.25) is 0 Å². The van der Waals surface area contributed by atoms with Gasteiger partial charge < -0.3 is 4.90 Å². The van der Waals surface area contributed by atoms with Crippen LogP contribution >= 0.6 is 0 Å². The highest BCUT2D eigenvalue weighted by molar-refractivity contribution is 5.81. The molecule has 0 bridgehead atoms. The van der Waals surface area contributed by atoms with Crippen LogP contribution in [0.25, 0.3) is 0 Å². The number of hydroxylamine groups is 3. The van der Waals surface area contributed by atoms with E-state index in [4.69, 9.17) is 0 Å². The molecule has 1 saturated carbocycles.